The van der Waals surface area contributed by atoms with Crippen LogP contribution >= 0.6 is 11.6 Å². The fourth-order valence-corrected chi connectivity index (χ4v) is 1.14. The van der Waals surface area contributed by atoms with Gasteiger partial charge in [-0.1, -0.05) is 11.6 Å². The first kappa shape index (κ1) is 10.8. The number of anilines is 1. The van der Waals surface area contributed by atoms with Crippen LogP contribution in [0.2, 0.25) is 5.02 Å². The zero-order chi connectivity index (χ0) is 10.7. The zero-order valence-electron chi connectivity index (χ0n) is 7.75. The number of amides is 1. The van der Waals surface area contributed by atoms with Crippen LogP contribution in [0.5, 0.6) is 0 Å². The molecule has 1 aromatic carbocycles. The van der Waals surface area contributed by atoms with Gasteiger partial charge in [-0.25, -0.2) is 9.18 Å². The minimum absolute atomic E-state index is 0.0874. The highest BCUT2D eigenvalue weighted by molar-refractivity contribution is 6.30. The summed E-state index contributed by atoms with van der Waals surface area (Å²) >= 11 is 5.66. The predicted molar refractivity (Wildman–Crippen MR) is 52.2 cm³/mol. The topological polar surface area (TPSA) is 29.5 Å². The van der Waals surface area contributed by atoms with Gasteiger partial charge in [0.1, 0.15) is 5.82 Å². The molecule has 0 radical (unpaired) electrons. The molecule has 5 heteroatoms. The average molecular weight is 218 g/mol. The van der Waals surface area contributed by atoms with Crippen LogP contribution in [0.4, 0.5) is 14.9 Å². The van der Waals surface area contributed by atoms with E-state index in [1.807, 2.05) is 0 Å². The standard InChI is InChI=1S/C9H9ClFNO2/c1-12(9(13)14-2)8-5-6(10)3-4-7(8)11/h3-5H,1-2H3. The molecule has 0 bridgehead atoms. The number of carbonyl (C=O) groups excluding carboxylic acids is 1. The molecule has 0 fully saturated rings. The fraction of sp³-hybridized carbons (Fsp3) is 0.222. The van der Waals surface area contributed by atoms with Crippen molar-refractivity contribution in [2.45, 2.75) is 0 Å². The van der Waals surface area contributed by atoms with Crippen LogP contribution in [0.1, 0.15) is 0 Å². The van der Waals surface area contributed by atoms with E-state index in [2.05, 4.69) is 4.74 Å². The molecule has 0 aromatic heterocycles. The molecule has 3 nitrogen and oxygen atoms in total. The zero-order valence-corrected chi connectivity index (χ0v) is 8.51. The van der Waals surface area contributed by atoms with E-state index in [4.69, 9.17) is 11.6 Å². The summed E-state index contributed by atoms with van der Waals surface area (Å²) in [5.74, 6) is -0.526. The molecule has 14 heavy (non-hydrogen) atoms. The molecule has 0 unspecified atom stereocenters. The Hall–Kier alpha value is -1.29. The third kappa shape index (κ3) is 2.14. The van der Waals surface area contributed by atoms with Crippen molar-refractivity contribution < 1.29 is 13.9 Å². The predicted octanol–water partition coefficient (Wildman–Crippen LogP) is 2.68. The molecular formula is C9H9ClFNO2. The Morgan fingerprint density at radius 3 is 2.79 bits per heavy atom. The lowest BCUT2D eigenvalue weighted by Gasteiger charge is -2.16. The molecule has 1 amide bonds. The third-order valence-corrected chi connectivity index (χ3v) is 1.95. The molecule has 0 aliphatic heterocycles. The van der Waals surface area contributed by atoms with Gasteiger partial charge < -0.3 is 4.74 Å². The first-order valence-corrected chi connectivity index (χ1v) is 4.20. The SMILES string of the molecule is COC(=O)N(C)c1cc(Cl)ccc1F. The van der Waals surface area contributed by atoms with Crippen molar-refractivity contribution in [2.75, 3.05) is 19.1 Å². The molecule has 76 valence electrons. The number of hydrogen-bond donors (Lipinski definition) is 0. The van der Waals surface area contributed by atoms with Crippen molar-refractivity contribution in [3.63, 3.8) is 0 Å². The van der Waals surface area contributed by atoms with Crippen molar-refractivity contribution in [1.29, 1.82) is 0 Å². The van der Waals surface area contributed by atoms with Gasteiger partial charge in [0, 0.05) is 12.1 Å². The number of benzene rings is 1. The molecule has 0 atom stereocenters. The summed E-state index contributed by atoms with van der Waals surface area (Å²) in [4.78, 5) is 12.1. The van der Waals surface area contributed by atoms with Gasteiger partial charge in [-0.05, 0) is 18.2 Å². The van der Waals surface area contributed by atoms with E-state index in [1.165, 1.54) is 32.4 Å². The van der Waals surface area contributed by atoms with Gasteiger partial charge in [0.05, 0.1) is 12.8 Å². The number of methoxy groups -OCH3 is 1. The lowest BCUT2D eigenvalue weighted by molar-refractivity contribution is 0.180. The maximum atomic E-state index is 13.2. The van der Waals surface area contributed by atoms with Gasteiger partial charge in [-0.3, -0.25) is 4.90 Å². The Morgan fingerprint density at radius 1 is 1.57 bits per heavy atom. The molecule has 0 saturated carbocycles. The van der Waals surface area contributed by atoms with Crippen LogP contribution in [-0.2, 0) is 4.74 Å². The Balaban J connectivity index is 3.05. The van der Waals surface area contributed by atoms with E-state index in [9.17, 15) is 9.18 Å². The van der Waals surface area contributed by atoms with Crippen molar-refractivity contribution in [3.05, 3.63) is 29.0 Å². The van der Waals surface area contributed by atoms with Crippen molar-refractivity contribution in [3.8, 4) is 0 Å². The number of ether oxygens (including phenoxy) is 1. The number of halogens is 2. The summed E-state index contributed by atoms with van der Waals surface area (Å²) in [5, 5.41) is 0.358. The van der Waals surface area contributed by atoms with Crippen molar-refractivity contribution in [2.24, 2.45) is 0 Å². The molecule has 0 N–H and O–H groups in total. The second-order valence-electron chi connectivity index (χ2n) is 2.62. The van der Waals surface area contributed by atoms with Crippen LogP contribution in [0.15, 0.2) is 18.2 Å². The molecular weight excluding hydrogens is 209 g/mol. The van der Waals surface area contributed by atoms with Gasteiger partial charge in [-0.15, -0.1) is 0 Å². The highest BCUT2D eigenvalue weighted by atomic mass is 35.5. The molecule has 0 aliphatic carbocycles. The lowest BCUT2D eigenvalue weighted by atomic mass is 10.3. The summed E-state index contributed by atoms with van der Waals surface area (Å²) in [7, 11) is 2.63. The normalized spacial score (nSPS) is 9.71. The molecule has 1 rings (SSSR count). The molecule has 0 saturated heterocycles. The summed E-state index contributed by atoms with van der Waals surface area (Å²) in [5.41, 5.74) is 0.0874. The first-order chi connectivity index (χ1) is 6.56. The number of hydrogen-bond acceptors (Lipinski definition) is 2. The van der Waals surface area contributed by atoms with Crippen molar-refractivity contribution >= 4 is 23.4 Å². The van der Waals surface area contributed by atoms with E-state index in [-0.39, 0.29) is 5.69 Å². The molecule has 0 spiro atoms. The van der Waals surface area contributed by atoms with E-state index >= 15 is 0 Å². The third-order valence-electron chi connectivity index (χ3n) is 1.72. The second kappa shape index (κ2) is 4.28. The quantitative estimate of drug-likeness (QED) is 0.724. The fourth-order valence-electron chi connectivity index (χ4n) is 0.978. The van der Waals surface area contributed by atoms with Crippen LogP contribution in [0.25, 0.3) is 0 Å². The number of rotatable bonds is 1. The van der Waals surface area contributed by atoms with Crippen LogP contribution in [0, 0.1) is 5.82 Å². The van der Waals surface area contributed by atoms with Crippen molar-refractivity contribution in [1.82, 2.24) is 0 Å². The van der Waals surface area contributed by atoms with Crippen LogP contribution in [-0.4, -0.2) is 20.3 Å². The summed E-state index contributed by atoms with van der Waals surface area (Å²) in [6.45, 7) is 0. The molecule has 1 aromatic rings. The number of nitrogens with zero attached hydrogens (tertiary/aromatic N) is 1. The minimum atomic E-state index is -0.647. The Morgan fingerprint density at radius 2 is 2.21 bits per heavy atom. The maximum absolute atomic E-state index is 13.2. The highest BCUT2D eigenvalue weighted by Gasteiger charge is 2.14. The summed E-state index contributed by atoms with van der Waals surface area (Å²) < 4.78 is 17.6. The van der Waals surface area contributed by atoms with Crippen LogP contribution < -0.4 is 4.90 Å². The smallest absolute Gasteiger partial charge is 0.413 e. The van der Waals surface area contributed by atoms with Gasteiger partial charge in [-0.2, -0.15) is 0 Å². The Kier molecular flexibility index (Phi) is 3.30. The average Bonchev–Trinajstić information content (AvgIpc) is 2.19. The first-order valence-electron chi connectivity index (χ1n) is 3.83. The van der Waals surface area contributed by atoms with Gasteiger partial charge in [0.2, 0.25) is 0 Å². The molecule has 0 heterocycles. The van der Waals surface area contributed by atoms with Gasteiger partial charge >= 0.3 is 6.09 Å². The minimum Gasteiger partial charge on any atom is -0.452 e. The maximum Gasteiger partial charge on any atom is 0.413 e. The van der Waals surface area contributed by atoms with E-state index < -0.39 is 11.9 Å². The van der Waals surface area contributed by atoms with E-state index in [0.717, 1.165) is 4.90 Å². The molecule has 0 aliphatic rings. The van der Waals surface area contributed by atoms with Gasteiger partial charge in [0.15, 0.2) is 0 Å². The highest BCUT2D eigenvalue weighted by Crippen LogP contribution is 2.22. The monoisotopic (exact) mass is 217 g/mol. The Labute approximate surface area is 86.0 Å². The van der Waals surface area contributed by atoms with E-state index in [1.54, 1.807) is 0 Å². The van der Waals surface area contributed by atoms with Crippen LogP contribution in [0.3, 0.4) is 0 Å². The van der Waals surface area contributed by atoms with Gasteiger partial charge in [0.25, 0.3) is 0 Å². The Bertz CT molecular complexity index is 357. The summed E-state index contributed by atoms with van der Waals surface area (Å²) in [6, 6.07) is 3.95. The number of carbonyl (C=O) groups is 1. The van der Waals surface area contributed by atoms with E-state index in [0.29, 0.717) is 5.02 Å². The second-order valence-corrected chi connectivity index (χ2v) is 3.06. The summed E-state index contributed by atoms with van der Waals surface area (Å²) in [6.07, 6.45) is -0.647. The largest absolute Gasteiger partial charge is 0.452 e. The lowest BCUT2D eigenvalue weighted by Crippen LogP contribution is -2.26.